The van der Waals surface area contributed by atoms with Crippen molar-refractivity contribution in [1.82, 2.24) is 9.97 Å². The molecule has 7 heteroatoms. The van der Waals surface area contributed by atoms with Gasteiger partial charge >= 0.3 is 0 Å². The van der Waals surface area contributed by atoms with Crippen LogP contribution in [0.5, 0.6) is 11.5 Å². The zero-order chi connectivity index (χ0) is 27.2. The molecule has 2 N–H and O–H groups in total. The minimum Gasteiger partial charge on any atom is -0.490 e. The first-order valence-corrected chi connectivity index (χ1v) is 12.7. The molecule has 0 aliphatic carbocycles. The zero-order valence-electron chi connectivity index (χ0n) is 22.4. The minimum atomic E-state index is -0.258. The number of imidazole rings is 1. The number of ether oxygens (including phenoxy) is 2. The van der Waals surface area contributed by atoms with Gasteiger partial charge in [-0.1, -0.05) is 38.1 Å². The van der Waals surface area contributed by atoms with Gasteiger partial charge in [-0.15, -0.1) is 0 Å². The number of aryl methyl sites for hydroxylation is 2. The molecular weight excluding hydrogens is 476 g/mol. The van der Waals surface area contributed by atoms with Crippen molar-refractivity contribution in [3.63, 3.8) is 0 Å². The minimum absolute atomic E-state index is 0.164. The molecule has 0 atom stereocenters. The van der Waals surface area contributed by atoms with Crippen LogP contribution in [0, 0.1) is 25.2 Å². The van der Waals surface area contributed by atoms with Gasteiger partial charge in [0.05, 0.1) is 23.2 Å². The molecule has 0 aliphatic heterocycles. The fourth-order valence-corrected chi connectivity index (χ4v) is 4.16. The highest BCUT2D eigenvalue weighted by atomic mass is 16.5. The van der Waals surface area contributed by atoms with E-state index in [0.717, 1.165) is 39.0 Å². The molecule has 0 aliphatic rings. The predicted octanol–water partition coefficient (Wildman–Crippen LogP) is 6.78. The van der Waals surface area contributed by atoms with Crippen LogP contribution in [0.1, 0.15) is 54.8 Å². The van der Waals surface area contributed by atoms with Crippen LogP contribution >= 0.6 is 0 Å². The molecule has 0 saturated carbocycles. The fraction of sp³-hybridized carbons (Fsp3) is 0.258. The van der Waals surface area contributed by atoms with E-state index in [1.54, 1.807) is 18.2 Å². The molecule has 1 heterocycles. The number of anilines is 1. The number of aromatic amines is 1. The maximum absolute atomic E-state index is 12.6. The first-order chi connectivity index (χ1) is 18.3. The highest BCUT2D eigenvalue weighted by Gasteiger charge is 2.14. The van der Waals surface area contributed by atoms with Gasteiger partial charge < -0.3 is 19.8 Å². The second-order valence-corrected chi connectivity index (χ2v) is 9.43. The van der Waals surface area contributed by atoms with E-state index in [4.69, 9.17) is 9.47 Å². The standard InChI is InChI=1S/C31H32N4O3/c1-6-37-29-16-22(15-23(17-32)31-34-26-13-20(4)21(5)14-27(26)35-31)11-12-28(29)38-18-30(36)33-25-10-8-7-9-24(25)19(2)3/h7-16,19H,6,18H2,1-5H3,(H,33,36)(H,34,35)/b23-15+. The number of carbonyl (C=O) groups is 1. The van der Waals surface area contributed by atoms with Crippen LogP contribution in [0.25, 0.3) is 22.7 Å². The molecule has 0 spiro atoms. The Morgan fingerprint density at radius 3 is 2.58 bits per heavy atom. The highest BCUT2D eigenvalue weighted by Crippen LogP contribution is 2.31. The van der Waals surface area contributed by atoms with Crippen LogP contribution in [0.15, 0.2) is 54.6 Å². The van der Waals surface area contributed by atoms with Gasteiger partial charge in [-0.25, -0.2) is 4.98 Å². The summed E-state index contributed by atoms with van der Waals surface area (Å²) in [4.78, 5) is 20.5. The Bertz CT molecular complexity index is 1500. The number of para-hydroxylation sites is 1. The number of allylic oxidation sites excluding steroid dienone is 1. The smallest absolute Gasteiger partial charge is 0.262 e. The summed E-state index contributed by atoms with van der Waals surface area (Å²) in [5.74, 6) is 1.47. The van der Waals surface area contributed by atoms with E-state index in [0.29, 0.717) is 29.5 Å². The number of nitriles is 1. The average Bonchev–Trinajstić information content (AvgIpc) is 3.29. The molecule has 3 aromatic carbocycles. The number of hydrogen-bond acceptors (Lipinski definition) is 5. The summed E-state index contributed by atoms with van der Waals surface area (Å²) in [5, 5.41) is 12.8. The Kier molecular flexibility index (Phi) is 8.12. The van der Waals surface area contributed by atoms with Crippen molar-refractivity contribution < 1.29 is 14.3 Å². The van der Waals surface area contributed by atoms with Crippen molar-refractivity contribution >= 4 is 34.3 Å². The lowest BCUT2D eigenvalue weighted by molar-refractivity contribution is -0.118. The van der Waals surface area contributed by atoms with Crippen LogP contribution in [0.2, 0.25) is 0 Å². The molecule has 1 amide bonds. The number of rotatable bonds is 9. The Morgan fingerprint density at radius 2 is 1.84 bits per heavy atom. The van der Waals surface area contributed by atoms with Gasteiger partial charge in [0, 0.05) is 5.69 Å². The van der Waals surface area contributed by atoms with Crippen LogP contribution in [-0.2, 0) is 4.79 Å². The average molecular weight is 509 g/mol. The number of aromatic nitrogens is 2. The Balaban J connectivity index is 1.52. The molecule has 0 fully saturated rings. The van der Waals surface area contributed by atoms with Crippen LogP contribution in [-0.4, -0.2) is 29.1 Å². The second kappa shape index (κ2) is 11.7. The molecule has 38 heavy (non-hydrogen) atoms. The van der Waals surface area contributed by atoms with E-state index in [1.807, 2.05) is 63.2 Å². The summed E-state index contributed by atoms with van der Waals surface area (Å²) in [5.41, 5.74) is 7.00. The number of nitrogens with zero attached hydrogens (tertiary/aromatic N) is 2. The summed E-state index contributed by atoms with van der Waals surface area (Å²) in [7, 11) is 0. The van der Waals surface area contributed by atoms with Crippen molar-refractivity contribution in [3.8, 4) is 17.6 Å². The highest BCUT2D eigenvalue weighted by molar-refractivity contribution is 5.93. The van der Waals surface area contributed by atoms with Gasteiger partial charge in [0.1, 0.15) is 11.9 Å². The normalized spacial score (nSPS) is 11.4. The largest absolute Gasteiger partial charge is 0.490 e. The van der Waals surface area contributed by atoms with Crippen LogP contribution in [0.4, 0.5) is 5.69 Å². The number of hydrogen-bond donors (Lipinski definition) is 2. The zero-order valence-corrected chi connectivity index (χ0v) is 22.4. The first kappa shape index (κ1) is 26.5. The summed E-state index contributed by atoms with van der Waals surface area (Å²) in [6.07, 6.45) is 1.75. The van der Waals surface area contributed by atoms with Gasteiger partial charge in [-0.2, -0.15) is 5.26 Å². The van der Waals surface area contributed by atoms with E-state index in [1.165, 1.54) is 0 Å². The lowest BCUT2D eigenvalue weighted by Gasteiger charge is -2.15. The van der Waals surface area contributed by atoms with Crippen molar-refractivity contribution in [3.05, 3.63) is 82.7 Å². The fourth-order valence-electron chi connectivity index (χ4n) is 4.16. The maximum atomic E-state index is 12.6. The van der Waals surface area contributed by atoms with Crippen molar-refractivity contribution in [2.24, 2.45) is 0 Å². The number of nitrogens with one attached hydrogen (secondary N) is 2. The second-order valence-electron chi connectivity index (χ2n) is 9.43. The number of fused-ring (bicyclic) bond motifs is 1. The van der Waals surface area contributed by atoms with E-state index >= 15 is 0 Å². The molecule has 1 aromatic heterocycles. The number of carbonyl (C=O) groups excluding carboxylic acids is 1. The Hall–Kier alpha value is -4.57. The van der Waals surface area contributed by atoms with E-state index in [9.17, 15) is 10.1 Å². The third-order valence-corrected chi connectivity index (χ3v) is 6.27. The molecule has 0 bridgehead atoms. The predicted molar refractivity (Wildman–Crippen MR) is 151 cm³/mol. The maximum Gasteiger partial charge on any atom is 0.262 e. The topological polar surface area (TPSA) is 100 Å². The number of amides is 1. The van der Waals surface area contributed by atoms with Gasteiger partial charge in [0.15, 0.2) is 18.1 Å². The van der Waals surface area contributed by atoms with Gasteiger partial charge in [-0.3, -0.25) is 4.79 Å². The Morgan fingerprint density at radius 1 is 1.08 bits per heavy atom. The lowest BCUT2D eigenvalue weighted by Crippen LogP contribution is -2.21. The summed E-state index contributed by atoms with van der Waals surface area (Å²) >= 11 is 0. The lowest BCUT2D eigenvalue weighted by atomic mass is 10.0. The SMILES string of the molecule is CCOc1cc(/C=C(\C#N)c2nc3cc(C)c(C)cc3[nH]2)ccc1OCC(=O)Nc1ccccc1C(C)C. The molecule has 194 valence electrons. The quantitative estimate of drug-likeness (QED) is 0.243. The van der Waals surface area contributed by atoms with Crippen molar-refractivity contribution in [1.29, 1.82) is 5.26 Å². The number of H-pyrrole nitrogens is 1. The summed E-state index contributed by atoms with van der Waals surface area (Å²) in [6, 6.07) is 19.4. The van der Waals surface area contributed by atoms with E-state index < -0.39 is 0 Å². The summed E-state index contributed by atoms with van der Waals surface area (Å²) < 4.78 is 11.6. The molecule has 4 aromatic rings. The molecule has 4 rings (SSSR count). The van der Waals surface area contributed by atoms with Gasteiger partial charge in [0.2, 0.25) is 0 Å². The molecule has 0 unspecified atom stereocenters. The van der Waals surface area contributed by atoms with Crippen molar-refractivity contribution in [2.45, 2.75) is 40.5 Å². The number of benzene rings is 3. The van der Waals surface area contributed by atoms with E-state index in [2.05, 4.69) is 35.2 Å². The third-order valence-electron chi connectivity index (χ3n) is 6.27. The van der Waals surface area contributed by atoms with Crippen LogP contribution < -0.4 is 14.8 Å². The van der Waals surface area contributed by atoms with Gasteiger partial charge in [0.25, 0.3) is 5.91 Å². The third kappa shape index (κ3) is 6.04. The van der Waals surface area contributed by atoms with Crippen molar-refractivity contribution in [2.75, 3.05) is 18.5 Å². The summed E-state index contributed by atoms with van der Waals surface area (Å²) in [6.45, 7) is 10.4. The van der Waals surface area contributed by atoms with Gasteiger partial charge in [-0.05, 0) is 85.4 Å². The van der Waals surface area contributed by atoms with E-state index in [-0.39, 0.29) is 18.4 Å². The molecule has 7 nitrogen and oxygen atoms in total. The molecular formula is C31H32N4O3. The van der Waals surface area contributed by atoms with Crippen LogP contribution in [0.3, 0.4) is 0 Å². The monoisotopic (exact) mass is 508 g/mol. The molecule has 0 saturated heterocycles. The molecule has 0 radical (unpaired) electrons. The first-order valence-electron chi connectivity index (χ1n) is 12.7. The Labute approximate surface area is 223 Å².